The summed E-state index contributed by atoms with van der Waals surface area (Å²) in [6.07, 6.45) is 4.43. The van der Waals surface area contributed by atoms with Gasteiger partial charge in [-0.15, -0.1) is 0 Å². The molecule has 1 atom stereocenters. The Morgan fingerprint density at radius 3 is 2.54 bits per heavy atom. The number of rotatable bonds is 3. The lowest BCUT2D eigenvalue weighted by atomic mass is 9.94. The number of carbonyl (C=O) groups is 1. The van der Waals surface area contributed by atoms with E-state index in [0.29, 0.717) is 18.3 Å². The van der Waals surface area contributed by atoms with Crippen LogP contribution in [0.15, 0.2) is 11.8 Å². The minimum Gasteiger partial charge on any atom is -0.431 e. The molecule has 0 aliphatic carbocycles. The number of hydrogen-bond acceptors (Lipinski definition) is 2. The Labute approximate surface area is 80.0 Å². The Bertz CT molecular complexity index is 216. The summed E-state index contributed by atoms with van der Waals surface area (Å²) >= 11 is 0. The lowest BCUT2D eigenvalue weighted by molar-refractivity contribution is -0.135. The van der Waals surface area contributed by atoms with Crippen LogP contribution < -0.4 is 0 Å². The SMILES string of the molecule is CC(C)C(C)CC=C1CCC(=O)O1. The van der Waals surface area contributed by atoms with E-state index < -0.39 is 0 Å². The van der Waals surface area contributed by atoms with Gasteiger partial charge in [0.2, 0.25) is 0 Å². The average molecular weight is 182 g/mol. The molecule has 2 heteroatoms. The summed E-state index contributed by atoms with van der Waals surface area (Å²) in [5, 5.41) is 0. The Balaban J connectivity index is 2.35. The van der Waals surface area contributed by atoms with Gasteiger partial charge in [0.05, 0.1) is 6.42 Å². The van der Waals surface area contributed by atoms with Crippen LogP contribution in [0.3, 0.4) is 0 Å². The molecule has 1 aliphatic heterocycles. The molecule has 0 aromatic rings. The molecule has 2 nitrogen and oxygen atoms in total. The van der Waals surface area contributed by atoms with E-state index in [-0.39, 0.29) is 5.97 Å². The summed E-state index contributed by atoms with van der Waals surface area (Å²) in [7, 11) is 0. The lowest BCUT2D eigenvalue weighted by Gasteiger charge is -2.12. The van der Waals surface area contributed by atoms with Crippen LogP contribution in [-0.2, 0) is 9.53 Å². The summed E-state index contributed by atoms with van der Waals surface area (Å²) in [6, 6.07) is 0. The van der Waals surface area contributed by atoms with E-state index in [0.717, 1.165) is 18.6 Å². The number of esters is 1. The molecule has 0 spiro atoms. The van der Waals surface area contributed by atoms with Gasteiger partial charge in [0.1, 0.15) is 5.76 Å². The van der Waals surface area contributed by atoms with Crippen molar-refractivity contribution >= 4 is 5.97 Å². The fourth-order valence-corrected chi connectivity index (χ4v) is 1.21. The number of ether oxygens (including phenoxy) is 1. The van der Waals surface area contributed by atoms with Crippen molar-refractivity contribution in [2.75, 3.05) is 0 Å². The van der Waals surface area contributed by atoms with Gasteiger partial charge in [-0.3, -0.25) is 4.79 Å². The maximum absolute atomic E-state index is 10.8. The van der Waals surface area contributed by atoms with Crippen LogP contribution in [0.25, 0.3) is 0 Å². The van der Waals surface area contributed by atoms with Gasteiger partial charge < -0.3 is 4.74 Å². The third-order valence-corrected chi connectivity index (χ3v) is 2.68. The van der Waals surface area contributed by atoms with Gasteiger partial charge in [0.25, 0.3) is 0 Å². The number of allylic oxidation sites excluding steroid dienone is 2. The summed E-state index contributed by atoms with van der Waals surface area (Å²) in [5.41, 5.74) is 0. The molecular formula is C11H18O2. The summed E-state index contributed by atoms with van der Waals surface area (Å²) < 4.78 is 5.01. The van der Waals surface area contributed by atoms with Gasteiger partial charge in [0.15, 0.2) is 0 Å². The molecule has 1 saturated heterocycles. The molecule has 1 fully saturated rings. The van der Waals surface area contributed by atoms with E-state index in [2.05, 4.69) is 26.8 Å². The van der Waals surface area contributed by atoms with Crippen molar-refractivity contribution < 1.29 is 9.53 Å². The molecule has 0 amide bonds. The molecule has 13 heavy (non-hydrogen) atoms. The van der Waals surface area contributed by atoms with Crippen LogP contribution in [0.1, 0.15) is 40.0 Å². The lowest BCUT2D eigenvalue weighted by Crippen LogP contribution is -2.02. The second kappa shape index (κ2) is 4.45. The smallest absolute Gasteiger partial charge is 0.311 e. The summed E-state index contributed by atoms with van der Waals surface area (Å²) in [4.78, 5) is 10.8. The molecular weight excluding hydrogens is 164 g/mol. The van der Waals surface area contributed by atoms with Gasteiger partial charge in [-0.2, -0.15) is 0 Å². The molecule has 1 rings (SSSR count). The zero-order valence-electron chi connectivity index (χ0n) is 8.67. The van der Waals surface area contributed by atoms with Gasteiger partial charge >= 0.3 is 5.97 Å². The molecule has 1 aliphatic rings. The fourth-order valence-electron chi connectivity index (χ4n) is 1.21. The maximum atomic E-state index is 10.8. The number of cyclic esters (lactones) is 1. The minimum atomic E-state index is -0.0801. The van der Waals surface area contributed by atoms with Crippen molar-refractivity contribution in [3.8, 4) is 0 Å². The molecule has 0 aromatic carbocycles. The highest BCUT2D eigenvalue weighted by molar-refractivity contribution is 5.73. The van der Waals surface area contributed by atoms with Crippen molar-refractivity contribution in [2.24, 2.45) is 11.8 Å². The molecule has 0 N–H and O–H groups in total. The van der Waals surface area contributed by atoms with Crippen LogP contribution in [0.5, 0.6) is 0 Å². The van der Waals surface area contributed by atoms with Gasteiger partial charge in [0, 0.05) is 6.42 Å². The third kappa shape index (κ3) is 3.21. The van der Waals surface area contributed by atoms with Crippen molar-refractivity contribution in [2.45, 2.75) is 40.0 Å². The van der Waals surface area contributed by atoms with E-state index in [9.17, 15) is 4.79 Å². The zero-order valence-corrected chi connectivity index (χ0v) is 8.67. The predicted octanol–water partition coefficient (Wildman–Crippen LogP) is 2.89. The average Bonchev–Trinajstić information content (AvgIpc) is 2.47. The van der Waals surface area contributed by atoms with Crippen LogP contribution in [0, 0.1) is 11.8 Å². The standard InChI is InChI=1S/C11H18O2/c1-8(2)9(3)4-5-10-6-7-11(12)13-10/h5,8-9H,4,6-7H2,1-3H3. The highest BCUT2D eigenvalue weighted by Gasteiger charge is 2.17. The first-order valence-electron chi connectivity index (χ1n) is 4.99. The van der Waals surface area contributed by atoms with Crippen LogP contribution in [-0.4, -0.2) is 5.97 Å². The van der Waals surface area contributed by atoms with Crippen LogP contribution in [0.4, 0.5) is 0 Å². The summed E-state index contributed by atoms with van der Waals surface area (Å²) in [6.45, 7) is 6.65. The Morgan fingerprint density at radius 2 is 2.08 bits per heavy atom. The number of carbonyl (C=O) groups excluding carboxylic acids is 1. The molecule has 0 saturated carbocycles. The first-order valence-corrected chi connectivity index (χ1v) is 4.99. The van der Waals surface area contributed by atoms with Gasteiger partial charge in [-0.1, -0.05) is 20.8 Å². The fraction of sp³-hybridized carbons (Fsp3) is 0.727. The minimum absolute atomic E-state index is 0.0801. The van der Waals surface area contributed by atoms with Gasteiger partial charge in [-0.25, -0.2) is 0 Å². The first-order chi connectivity index (χ1) is 6.09. The van der Waals surface area contributed by atoms with E-state index in [1.54, 1.807) is 0 Å². The quantitative estimate of drug-likeness (QED) is 0.627. The van der Waals surface area contributed by atoms with Crippen LogP contribution >= 0.6 is 0 Å². The van der Waals surface area contributed by atoms with E-state index >= 15 is 0 Å². The number of hydrogen-bond donors (Lipinski definition) is 0. The highest BCUT2D eigenvalue weighted by Crippen LogP contribution is 2.21. The molecule has 1 unspecified atom stereocenters. The molecule has 0 radical (unpaired) electrons. The van der Waals surface area contributed by atoms with Gasteiger partial charge in [-0.05, 0) is 24.3 Å². The van der Waals surface area contributed by atoms with E-state index in [1.807, 2.05) is 0 Å². The van der Waals surface area contributed by atoms with Crippen molar-refractivity contribution in [3.63, 3.8) is 0 Å². The normalized spacial score (nSPS) is 22.5. The Kier molecular flexibility index (Phi) is 3.52. The van der Waals surface area contributed by atoms with Crippen molar-refractivity contribution in [1.82, 2.24) is 0 Å². The zero-order chi connectivity index (χ0) is 9.84. The topological polar surface area (TPSA) is 26.3 Å². The Morgan fingerprint density at radius 1 is 1.38 bits per heavy atom. The highest BCUT2D eigenvalue weighted by atomic mass is 16.5. The van der Waals surface area contributed by atoms with E-state index in [4.69, 9.17) is 4.74 Å². The molecule has 0 bridgehead atoms. The molecule has 0 aromatic heterocycles. The maximum Gasteiger partial charge on any atom is 0.311 e. The van der Waals surface area contributed by atoms with Crippen LogP contribution in [0.2, 0.25) is 0 Å². The second-order valence-electron chi connectivity index (χ2n) is 4.10. The third-order valence-electron chi connectivity index (χ3n) is 2.68. The molecule has 1 heterocycles. The predicted molar refractivity (Wildman–Crippen MR) is 52.0 cm³/mol. The monoisotopic (exact) mass is 182 g/mol. The van der Waals surface area contributed by atoms with Crippen molar-refractivity contribution in [3.05, 3.63) is 11.8 Å². The largest absolute Gasteiger partial charge is 0.431 e. The summed E-state index contributed by atoms with van der Waals surface area (Å²) in [5.74, 6) is 2.14. The van der Waals surface area contributed by atoms with E-state index in [1.165, 1.54) is 0 Å². The Hall–Kier alpha value is -0.790. The second-order valence-corrected chi connectivity index (χ2v) is 4.10. The first kappa shape index (κ1) is 10.3. The van der Waals surface area contributed by atoms with Crippen molar-refractivity contribution in [1.29, 1.82) is 0 Å². The molecule has 74 valence electrons.